The quantitative estimate of drug-likeness (QED) is 0.869. The van der Waals surface area contributed by atoms with E-state index >= 15 is 0 Å². The van der Waals surface area contributed by atoms with Crippen LogP contribution in [-0.2, 0) is 17.8 Å². The number of hydrogen-bond acceptors (Lipinski definition) is 4. The minimum absolute atomic E-state index is 0.0554. The van der Waals surface area contributed by atoms with Crippen molar-refractivity contribution in [2.75, 3.05) is 27.3 Å². The number of nitrogens with zero attached hydrogens (tertiary/aromatic N) is 1. The highest BCUT2D eigenvalue weighted by atomic mass is 16.5. The summed E-state index contributed by atoms with van der Waals surface area (Å²) in [6, 6.07) is 3.76. The lowest BCUT2D eigenvalue weighted by molar-refractivity contribution is -0.138. The molecule has 2 rings (SSSR count). The molecule has 1 aliphatic rings. The van der Waals surface area contributed by atoms with Crippen molar-refractivity contribution in [3.63, 3.8) is 0 Å². The monoisotopic (exact) mass is 251 g/mol. The van der Waals surface area contributed by atoms with Gasteiger partial charge in [-0.05, 0) is 18.6 Å². The van der Waals surface area contributed by atoms with Crippen molar-refractivity contribution < 1.29 is 19.4 Å². The second-order valence-electron chi connectivity index (χ2n) is 4.28. The first-order valence-corrected chi connectivity index (χ1v) is 5.82. The normalized spacial score (nSPS) is 15.0. The molecule has 1 N–H and O–H groups in total. The van der Waals surface area contributed by atoms with Crippen molar-refractivity contribution in [2.24, 2.45) is 0 Å². The standard InChI is InChI=1S/C13H17NO4/c1-17-11-3-4-12(18-2)10-7-14(8-13(15)16)6-5-9(10)11/h3-4H,5-8H2,1-2H3,(H,15,16). The average Bonchev–Trinajstić information content (AvgIpc) is 2.36. The van der Waals surface area contributed by atoms with Gasteiger partial charge in [0, 0.05) is 24.2 Å². The molecule has 0 saturated carbocycles. The smallest absolute Gasteiger partial charge is 0.317 e. The SMILES string of the molecule is COc1ccc(OC)c2c1CCN(CC(=O)O)C2. The van der Waals surface area contributed by atoms with Crippen LogP contribution in [0.2, 0.25) is 0 Å². The van der Waals surface area contributed by atoms with Crippen LogP contribution >= 0.6 is 0 Å². The fraction of sp³-hybridized carbons (Fsp3) is 0.462. The van der Waals surface area contributed by atoms with Gasteiger partial charge in [0.15, 0.2) is 0 Å². The van der Waals surface area contributed by atoms with E-state index < -0.39 is 5.97 Å². The highest BCUT2D eigenvalue weighted by Crippen LogP contribution is 2.34. The van der Waals surface area contributed by atoms with Crippen molar-refractivity contribution in [2.45, 2.75) is 13.0 Å². The van der Waals surface area contributed by atoms with E-state index in [1.165, 1.54) is 0 Å². The second-order valence-corrected chi connectivity index (χ2v) is 4.28. The van der Waals surface area contributed by atoms with Crippen LogP contribution in [0.15, 0.2) is 12.1 Å². The van der Waals surface area contributed by atoms with Crippen LogP contribution in [0, 0.1) is 0 Å². The third kappa shape index (κ3) is 2.41. The fourth-order valence-electron chi connectivity index (χ4n) is 2.38. The van der Waals surface area contributed by atoms with Gasteiger partial charge < -0.3 is 14.6 Å². The van der Waals surface area contributed by atoms with Crippen LogP contribution in [0.3, 0.4) is 0 Å². The summed E-state index contributed by atoms with van der Waals surface area (Å²) in [5, 5.41) is 8.84. The number of carboxylic acids is 1. The molecular weight excluding hydrogens is 234 g/mol. The molecule has 5 heteroatoms. The van der Waals surface area contributed by atoms with Gasteiger partial charge in [-0.1, -0.05) is 0 Å². The van der Waals surface area contributed by atoms with Crippen LogP contribution in [0.25, 0.3) is 0 Å². The van der Waals surface area contributed by atoms with Crippen molar-refractivity contribution >= 4 is 5.97 Å². The molecule has 0 spiro atoms. The fourth-order valence-corrected chi connectivity index (χ4v) is 2.38. The molecule has 0 fully saturated rings. The average molecular weight is 251 g/mol. The summed E-state index contributed by atoms with van der Waals surface area (Å²) in [6.45, 7) is 1.37. The molecule has 1 aliphatic heterocycles. The Morgan fingerprint density at radius 3 is 2.44 bits per heavy atom. The number of rotatable bonds is 4. The van der Waals surface area contributed by atoms with Crippen LogP contribution in [0.5, 0.6) is 11.5 Å². The third-order valence-corrected chi connectivity index (χ3v) is 3.20. The van der Waals surface area contributed by atoms with Gasteiger partial charge in [-0.15, -0.1) is 0 Å². The molecule has 0 aliphatic carbocycles. The Bertz CT molecular complexity index is 459. The van der Waals surface area contributed by atoms with Crippen molar-refractivity contribution in [3.8, 4) is 11.5 Å². The first-order chi connectivity index (χ1) is 8.65. The van der Waals surface area contributed by atoms with Crippen LogP contribution in [0.1, 0.15) is 11.1 Å². The van der Waals surface area contributed by atoms with Crippen LogP contribution in [0.4, 0.5) is 0 Å². The first kappa shape index (κ1) is 12.7. The summed E-state index contributed by atoms with van der Waals surface area (Å²) < 4.78 is 10.7. The van der Waals surface area contributed by atoms with Crippen molar-refractivity contribution in [1.82, 2.24) is 4.90 Å². The largest absolute Gasteiger partial charge is 0.496 e. The van der Waals surface area contributed by atoms with E-state index in [2.05, 4.69) is 0 Å². The van der Waals surface area contributed by atoms with Gasteiger partial charge in [0.25, 0.3) is 0 Å². The Morgan fingerprint density at radius 1 is 1.28 bits per heavy atom. The molecule has 0 bridgehead atoms. The van der Waals surface area contributed by atoms with Gasteiger partial charge in [0.05, 0.1) is 20.8 Å². The van der Waals surface area contributed by atoms with E-state index in [0.29, 0.717) is 6.54 Å². The number of fused-ring (bicyclic) bond motifs is 1. The number of carbonyl (C=O) groups is 1. The zero-order valence-electron chi connectivity index (χ0n) is 10.6. The maximum absolute atomic E-state index is 10.8. The zero-order valence-corrected chi connectivity index (χ0v) is 10.6. The number of carboxylic acid groups (broad SMARTS) is 1. The Hall–Kier alpha value is -1.75. The zero-order chi connectivity index (χ0) is 13.1. The lowest BCUT2D eigenvalue weighted by atomic mass is 9.97. The van der Waals surface area contributed by atoms with Crippen molar-refractivity contribution in [3.05, 3.63) is 23.3 Å². The highest BCUT2D eigenvalue weighted by molar-refractivity contribution is 5.69. The van der Waals surface area contributed by atoms with E-state index in [1.54, 1.807) is 14.2 Å². The molecule has 0 radical (unpaired) electrons. The maximum atomic E-state index is 10.8. The molecule has 0 unspecified atom stereocenters. The topological polar surface area (TPSA) is 59.0 Å². The molecule has 1 heterocycles. The summed E-state index contributed by atoms with van der Waals surface area (Å²) >= 11 is 0. The molecule has 0 amide bonds. The van der Waals surface area contributed by atoms with E-state index in [1.807, 2.05) is 17.0 Å². The molecule has 0 saturated heterocycles. The molecular formula is C13H17NO4. The van der Waals surface area contributed by atoms with Gasteiger partial charge in [0.2, 0.25) is 0 Å². The summed E-state index contributed by atoms with van der Waals surface area (Å²) in [6.07, 6.45) is 0.781. The van der Waals surface area contributed by atoms with Gasteiger partial charge in [0.1, 0.15) is 11.5 Å². The Balaban J connectivity index is 2.31. The Labute approximate surface area is 106 Å². The van der Waals surface area contributed by atoms with E-state index in [0.717, 1.165) is 35.6 Å². The maximum Gasteiger partial charge on any atom is 0.317 e. The minimum Gasteiger partial charge on any atom is -0.496 e. The van der Waals surface area contributed by atoms with Gasteiger partial charge >= 0.3 is 5.97 Å². The third-order valence-electron chi connectivity index (χ3n) is 3.20. The van der Waals surface area contributed by atoms with Gasteiger partial charge in [-0.3, -0.25) is 9.69 Å². The van der Waals surface area contributed by atoms with Crippen LogP contribution < -0.4 is 9.47 Å². The van der Waals surface area contributed by atoms with Crippen molar-refractivity contribution in [1.29, 1.82) is 0 Å². The molecule has 18 heavy (non-hydrogen) atoms. The molecule has 1 aromatic carbocycles. The molecule has 0 aromatic heterocycles. The molecule has 1 aromatic rings. The van der Waals surface area contributed by atoms with Gasteiger partial charge in [-0.2, -0.15) is 0 Å². The lowest BCUT2D eigenvalue weighted by Crippen LogP contribution is -2.35. The highest BCUT2D eigenvalue weighted by Gasteiger charge is 2.23. The number of methoxy groups -OCH3 is 2. The first-order valence-electron chi connectivity index (χ1n) is 5.82. The molecule has 5 nitrogen and oxygen atoms in total. The molecule has 98 valence electrons. The van der Waals surface area contributed by atoms with Crippen LogP contribution in [-0.4, -0.2) is 43.3 Å². The molecule has 0 atom stereocenters. The predicted octanol–water partition coefficient (Wildman–Crippen LogP) is 1.15. The number of hydrogen-bond donors (Lipinski definition) is 1. The number of ether oxygens (including phenoxy) is 2. The number of benzene rings is 1. The Kier molecular flexibility index (Phi) is 3.72. The summed E-state index contributed by atoms with van der Waals surface area (Å²) in [7, 11) is 3.27. The summed E-state index contributed by atoms with van der Waals surface area (Å²) in [5.41, 5.74) is 2.16. The van der Waals surface area contributed by atoms with E-state index in [4.69, 9.17) is 14.6 Å². The minimum atomic E-state index is -0.805. The lowest BCUT2D eigenvalue weighted by Gasteiger charge is -2.29. The van der Waals surface area contributed by atoms with Gasteiger partial charge in [-0.25, -0.2) is 0 Å². The summed E-state index contributed by atoms with van der Waals surface area (Å²) in [5.74, 6) is 0.835. The summed E-state index contributed by atoms with van der Waals surface area (Å²) in [4.78, 5) is 12.7. The second kappa shape index (κ2) is 5.27. The van der Waals surface area contributed by atoms with E-state index in [-0.39, 0.29) is 6.54 Å². The predicted molar refractivity (Wildman–Crippen MR) is 66.2 cm³/mol. The van der Waals surface area contributed by atoms with E-state index in [9.17, 15) is 4.79 Å². The Morgan fingerprint density at radius 2 is 1.89 bits per heavy atom. The number of aliphatic carboxylic acids is 1.